The summed E-state index contributed by atoms with van der Waals surface area (Å²) in [5, 5.41) is 3.37. The number of rotatable bonds is 4. The van der Waals surface area contributed by atoms with Gasteiger partial charge < -0.3 is 15.5 Å². The third-order valence-corrected chi connectivity index (χ3v) is 3.67. The number of hydrazine groups is 1. The van der Waals surface area contributed by atoms with Crippen LogP contribution in [0.1, 0.15) is 12.8 Å². The Morgan fingerprint density at radius 2 is 1.95 bits per heavy atom. The number of nitrogens with two attached hydrogens (primary N) is 1. The van der Waals surface area contributed by atoms with Crippen molar-refractivity contribution in [2.45, 2.75) is 18.9 Å². The smallest absolute Gasteiger partial charge is 0.177 e. The van der Waals surface area contributed by atoms with Gasteiger partial charge in [-0.15, -0.1) is 0 Å². The van der Waals surface area contributed by atoms with E-state index in [0.29, 0.717) is 11.6 Å². The van der Waals surface area contributed by atoms with Crippen molar-refractivity contribution < 1.29 is 9.13 Å². The van der Waals surface area contributed by atoms with Gasteiger partial charge in [0, 0.05) is 37.2 Å². The summed E-state index contributed by atoms with van der Waals surface area (Å²) in [7, 11) is 0. The minimum Gasteiger partial charge on any atom is -0.381 e. The van der Waals surface area contributed by atoms with Gasteiger partial charge in [-0.3, -0.25) is 0 Å². The topological polar surface area (TPSA) is 85.1 Å². The number of hydrogen-bond acceptors (Lipinski definition) is 6. The van der Waals surface area contributed by atoms with Gasteiger partial charge in [-0.1, -0.05) is 0 Å². The first kappa shape index (κ1) is 14.7. The molecule has 0 bridgehead atoms. The van der Waals surface area contributed by atoms with Crippen LogP contribution >= 0.6 is 0 Å². The highest BCUT2D eigenvalue weighted by atomic mass is 19.1. The minimum atomic E-state index is -0.479. The van der Waals surface area contributed by atoms with Crippen molar-refractivity contribution in [3.05, 3.63) is 36.4 Å². The highest BCUT2D eigenvalue weighted by Crippen LogP contribution is 2.27. The van der Waals surface area contributed by atoms with Gasteiger partial charge in [0.1, 0.15) is 5.82 Å². The number of nitrogens with one attached hydrogen (secondary N) is 2. The van der Waals surface area contributed by atoms with E-state index in [-0.39, 0.29) is 5.82 Å². The third-order valence-electron chi connectivity index (χ3n) is 3.67. The number of nitrogens with zero attached hydrogens (tertiary/aromatic N) is 2. The molecule has 4 N–H and O–H groups in total. The number of ether oxygens (including phenoxy) is 1. The number of hydrogen-bond donors (Lipinski definition) is 3. The van der Waals surface area contributed by atoms with Crippen LogP contribution in [0.4, 0.5) is 16.0 Å². The molecule has 0 atom stereocenters. The molecule has 1 fully saturated rings. The maximum absolute atomic E-state index is 14.3. The van der Waals surface area contributed by atoms with Crippen molar-refractivity contribution in [1.82, 2.24) is 9.97 Å². The van der Waals surface area contributed by atoms with Gasteiger partial charge >= 0.3 is 0 Å². The first-order chi connectivity index (χ1) is 10.8. The number of aromatic nitrogens is 2. The van der Waals surface area contributed by atoms with Gasteiger partial charge in [0.2, 0.25) is 0 Å². The Morgan fingerprint density at radius 1 is 1.18 bits per heavy atom. The lowest BCUT2D eigenvalue weighted by Gasteiger charge is -2.23. The molecule has 0 saturated carbocycles. The Bertz CT molecular complexity index is 646. The average Bonchev–Trinajstić information content (AvgIpc) is 2.56. The molecule has 0 radical (unpaired) electrons. The van der Waals surface area contributed by atoms with Crippen molar-refractivity contribution in [3.8, 4) is 11.1 Å². The Morgan fingerprint density at radius 3 is 2.73 bits per heavy atom. The predicted octanol–water partition coefficient (Wildman–Crippen LogP) is 2.16. The molecule has 2 aromatic heterocycles. The Hall–Kier alpha value is -2.25. The highest BCUT2D eigenvalue weighted by molar-refractivity contribution is 5.69. The summed E-state index contributed by atoms with van der Waals surface area (Å²) < 4.78 is 19.6. The van der Waals surface area contributed by atoms with E-state index in [4.69, 9.17) is 10.6 Å². The summed E-state index contributed by atoms with van der Waals surface area (Å²) in [6.07, 6.45) is 5.06. The van der Waals surface area contributed by atoms with Crippen LogP contribution in [-0.4, -0.2) is 29.2 Å². The molecule has 22 heavy (non-hydrogen) atoms. The van der Waals surface area contributed by atoms with Crippen LogP contribution in [0.25, 0.3) is 11.1 Å². The average molecular weight is 303 g/mol. The number of anilines is 2. The molecule has 0 aliphatic carbocycles. The zero-order valence-electron chi connectivity index (χ0n) is 12.1. The van der Waals surface area contributed by atoms with Crippen molar-refractivity contribution in [2.24, 2.45) is 5.84 Å². The van der Waals surface area contributed by atoms with E-state index in [1.54, 1.807) is 18.3 Å². The molecular weight excluding hydrogens is 285 g/mol. The zero-order valence-corrected chi connectivity index (χ0v) is 12.1. The standard InChI is InChI=1S/C15H18FN5O/c16-14-12(2-6-19-15(14)21-17)10-1-5-18-13(9-10)20-11-3-7-22-8-4-11/h1-2,5-6,9,11H,3-4,7-8,17H2,(H,18,20)(H,19,21). The van der Waals surface area contributed by atoms with E-state index in [2.05, 4.69) is 20.7 Å². The minimum absolute atomic E-state index is 0.0215. The van der Waals surface area contributed by atoms with Crippen LogP contribution in [0.15, 0.2) is 30.6 Å². The van der Waals surface area contributed by atoms with Crippen LogP contribution in [0.3, 0.4) is 0 Å². The Kier molecular flexibility index (Phi) is 4.45. The molecule has 0 amide bonds. The maximum atomic E-state index is 14.3. The molecule has 1 aliphatic heterocycles. The lowest BCUT2D eigenvalue weighted by Crippen LogP contribution is -2.28. The zero-order chi connectivity index (χ0) is 15.4. The van der Waals surface area contributed by atoms with Gasteiger partial charge in [-0.25, -0.2) is 20.2 Å². The van der Waals surface area contributed by atoms with E-state index in [1.807, 2.05) is 6.07 Å². The Labute approximate surface area is 127 Å². The molecule has 116 valence electrons. The molecule has 1 saturated heterocycles. The normalized spacial score (nSPS) is 15.5. The van der Waals surface area contributed by atoms with Crippen LogP contribution < -0.4 is 16.6 Å². The summed E-state index contributed by atoms with van der Waals surface area (Å²) in [6.45, 7) is 1.50. The molecule has 7 heteroatoms. The molecule has 0 unspecified atom stereocenters. The molecular formula is C15H18FN5O. The highest BCUT2D eigenvalue weighted by Gasteiger charge is 2.15. The summed E-state index contributed by atoms with van der Waals surface area (Å²) in [4.78, 5) is 8.14. The second-order valence-electron chi connectivity index (χ2n) is 5.13. The van der Waals surface area contributed by atoms with E-state index >= 15 is 0 Å². The van der Waals surface area contributed by atoms with E-state index < -0.39 is 5.82 Å². The van der Waals surface area contributed by atoms with Crippen LogP contribution in [0, 0.1) is 5.82 Å². The fourth-order valence-electron chi connectivity index (χ4n) is 2.50. The summed E-state index contributed by atoms with van der Waals surface area (Å²) in [6, 6.07) is 5.53. The monoisotopic (exact) mass is 303 g/mol. The molecule has 2 aromatic rings. The maximum Gasteiger partial charge on any atom is 0.177 e. The van der Waals surface area contributed by atoms with Crippen LogP contribution in [-0.2, 0) is 4.74 Å². The summed E-state index contributed by atoms with van der Waals surface area (Å²) in [5.74, 6) is 5.53. The van der Waals surface area contributed by atoms with Crippen molar-refractivity contribution in [3.63, 3.8) is 0 Å². The second-order valence-corrected chi connectivity index (χ2v) is 5.13. The first-order valence-corrected chi connectivity index (χ1v) is 7.20. The quantitative estimate of drug-likeness (QED) is 0.593. The fraction of sp³-hybridized carbons (Fsp3) is 0.333. The van der Waals surface area contributed by atoms with Gasteiger partial charge in [-0.2, -0.15) is 0 Å². The number of nitrogen functional groups attached to an aromatic ring is 1. The molecule has 3 rings (SSSR count). The van der Waals surface area contributed by atoms with Crippen molar-refractivity contribution in [1.29, 1.82) is 0 Å². The molecule has 0 spiro atoms. The van der Waals surface area contributed by atoms with E-state index in [1.165, 1.54) is 6.20 Å². The van der Waals surface area contributed by atoms with Crippen molar-refractivity contribution >= 4 is 11.6 Å². The summed E-state index contributed by atoms with van der Waals surface area (Å²) in [5.41, 5.74) is 3.41. The number of pyridine rings is 2. The Balaban J connectivity index is 1.84. The molecule has 3 heterocycles. The van der Waals surface area contributed by atoms with E-state index in [0.717, 1.165) is 37.4 Å². The lowest BCUT2D eigenvalue weighted by atomic mass is 10.1. The van der Waals surface area contributed by atoms with Gasteiger partial charge in [0.15, 0.2) is 11.6 Å². The molecule has 6 nitrogen and oxygen atoms in total. The molecule has 1 aliphatic rings. The van der Waals surface area contributed by atoms with Crippen molar-refractivity contribution in [2.75, 3.05) is 24.0 Å². The second kappa shape index (κ2) is 6.67. The van der Waals surface area contributed by atoms with Crippen LogP contribution in [0.5, 0.6) is 0 Å². The number of halogens is 1. The lowest BCUT2D eigenvalue weighted by molar-refractivity contribution is 0.0904. The predicted molar refractivity (Wildman–Crippen MR) is 82.7 cm³/mol. The first-order valence-electron chi connectivity index (χ1n) is 7.20. The SMILES string of the molecule is NNc1nccc(-c2ccnc(NC3CCOCC3)c2)c1F. The van der Waals surface area contributed by atoms with Gasteiger partial charge in [0.25, 0.3) is 0 Å². The van der Waals surface area contributed by atoms with Gasteiger partial charge in [-0.05, 0) is 36.6 Å². The third kappa shape index (κ3) is 3.15. The van der Waals surface area contributed by atoms with Gasteiger partial charge in [0.05, 0.1) is 0 Å². The molecule has 0 aromatic carbocycles. The van der Waals surface area contributed by atoms with E-state index in [9.17, 15) is 4.39 Å². The fourth-order valence-corrected chi connectivity index (χ4v) is 2.50. The largest absolute Gasteiger partial charge is 0.381 e. The van der Waals surface area contributed by atoms with Crippen LogP contribution in [0.2, 0.25) is 0 Å². The summed E-state index contributed by atoms with van der Waals surface area (Å²) >= 11 is 0.